The van der Waals surface area contributed by atoms with Gasteiger partial charge in [0.25, 0.3) is 11.7 Å². The minimum atomic E-state index is -1.20. The van der Waals surface area contributed by atoms with Gasteiger partial charge in [-0.15, -0.1) is 10.2 Å². The fourth-order valence-corrected chi connectivity index (χ4v) is 0.822. The van der Waals surface area contributed by atoms with Crippen LogP contribution in [0.25, 0.3) is 0 Å². The van der Waals surface area contributed by atoms with Crippen LogP contribution in [0.5, 0.6) is 0 Å². The number of aliphatic carboxylic acids is 1. The average Bonchev–Trinajstić information content (AvgIpc) is 2.69. The lowest BCUT2D eigenvalue weighted by Gasteiger charge is -2.11. The minimum absolute atomic E-state index is 0.140. The molecule has 9 heteroatoms. The SMILES string of the molecule is COCC(NC(=O)c1nn[nH]n1)C(=O)O. The van der Waals surface area contributed by atoms with Gasteiger partial charge in [-0.1, -0.05) is 0 Å². The van der Waals surface area contributed by atoms with Crippen molar-refractivity contribution in [3.63, 3.8) is 0 Å². The standard InChI is InChI=1S/C6H9N5O4/c1-15-2-3(6(13)14)7-5(12)4-8-10-11-9-4/h3H,2H2,1H3,(H,7,12)(H,13,14)(H,8,9,10,11). The number of carboxylic acids is 1. The molecule has 0 radical (unpaired) electrons. The Morgan fingerprint density at radius 2 is 2.40 bits per heavy atom. The molecule has 9 nitrogen and oxygen atoms in total. The lowest BCUT2D eigenvalue weighted by atomic mass is 10.3. The Balaban J connectivity index is 2.59. The lowest BCUT2D eigenvalue weighted by Crippen LogP contribution is -2.44. The smallest absolute Gasteiger partial charge is 0.328 e. The van der Waals surface area contributed by atoms with Crippen molar-refractivity contribution in [3.05, 3.63) is 5.82 Å². The van der Waals surface area contributed by atoms with E-state index in [0.717, 1.165) is 0 Å². The van der Waals surface area contributed by atoms with Crippen LogP contribution in [0.4, 0.5) is 0 Å². The van der Waals surface area contributed by atoms with Crippen molar-refractivity contribution >= 4 is 11.9 Å². The number of nitrogens with zero attached hydrogens (tertiary/aromatic N) is 3. The molecule has 0 spiro atoms. The van der Waals surface area contributed by atoms with E-state index in [1.807, 2.05) is 0 Å². The third-order valence-electron chi connectivity index (χ3n) is 1.49. The predicted octanol–water partition coefficient (Wildman–Crippen LogP) is -1.97. The molecule has 1 atom stereocenters. The molecule has 1 aromatic rings. The number of tetrazole rings is 1. The summed E-state index contributed by atoms with van der Waals surface area (Å²) in [7, 11) is 1.33. The van der Waals surface area contributed by atoms with E-state index in [-0.39, 0.29) is 12.4 Å². The van der Waals surface area contributed by atoms with Crippen molar-refractivity contribution in [2.75, 3.05) is 13.7 Å². The Bertz CT molecular complexity index is 337. The third-order valence-corrected chi connectivity index (χ3v) is 1.49. The van der Waals surface area contributed by atoms with Gasteiger partial charge in [-0.05, 0) is 5.21 Å². The van der Waals surface area contributed by atoms with Gasteiger partial charge in [-0.3, -0.25) is 4.79 Å². The Morgan fingerprint density at radius 3 is 2.87 bits per heavy atom. The zero-order valence-electron chi connectivity index (χ0n) is 7.80. The summed E-state index contributed by atoms with van der Waals surface area (Å²) in [5.74, 6) is -2.15. The van der Waals surface area contributed by atoms with Crippen LogP contribution in [0, 0.1) is 0 Å². The molecule has 0 saturated carbocycles. The van der Waals surface area contributed by atoms with Crippen LogP contribution < -0.4 is 5.32 Å². The predicted molar refractivity (Wildman–Crippen MR) is 44.9 cm³/mol. The van der Waals surface area contributed by atoms with Crippen molar-refractivity contribution < 1.29 is 19.4 Å². The molecule has 0 aliphatic carbocycles. The van der Waals surface area contributed by atoms with Gasteiger partial charge in [-0.2, -0.15) is 5.21 Å². The van der Waals surface area contributed by atoms with E-state index in [4.69, 9.17) is 5.11 Å². The minimum Gasteiger partial charge on any atom is -0.480 e. The van der Waals surface area contributed by atoms with Gasteiger partial charge < -0.3 is 15.2 Å². The van der Waals surface area contributed by atoms with Gasteiger partial charge in [0.05, 0.1) is 6.61 Å². The van der Waals surface area contributed by atoms with E-state index >= 15 is 0 Å². The van der Waals surface area contributed by atoms with Gasteiger partial charge in [0.1, 0.15) is 0 Å². The van der Waals surface area contributed by atoms with E-state index in [2.05, 4.69) is 30.7 Å². The highest BCUT2D eigenvalue weighted by molar-refractivity contribution is 5.93. The number of aromatic amines is 1. The number of nitrogens with one attached hydrogen (secondary N) is 2. The molecular weight excluding hydrogens is 206 g/mol. The molecule has 15 heavy (non-hydrogen) atoms. The highest BCUT2D eigenvalue weighted by atomic mass is 16.5. The fourth-order valence-electron chi connectivity index (χ4n) is 0.822. The number of amides is 1. The molecule has 0 aromatic carbocycles. The van der Waals surface area contributed by atoms with Crippen molar-refractivity contribution in [3.8, 4) is 0 Å². The number of carbonyl (C=O) groups is 2. The summed E-state index contributed by atoms with van der Waals surface area (Å²) in [6.45, 7) is -0.140. The molecule has 0 fully saturated rings. The second-order valence-electron chi connectivity index (χ2n) is 2.56. The maximum absolute atomic E-state index is 11.3. The number of carboxylic acid groups (broad SMARTS) is 1. The average molecular weight is 215 g/mol. The second kappa shape index (κ2) is 5.00. The second-order valence-corrected chi connectivity index (χ2v) is 2.56. The molecular formula is C6H9N5O4. The van der Waals surface area contributed by atoms with Crippen molar-refractivity contribution in [1.82, 2.24) is 25.9 Å². The van der Waals surface area contributed by atoms with Gasteiger partial charge in [0.15, 0.2) is 6.04 Å². The summed E-state index contributed by atoms with van der Waals surface area (Å²) in [6, 6.07) is -1.14. The molecule has 3 N–H and O–H groups in total. The zero-order chi connectivity index (χ0) is 11.3. The van der Waals surface area contributed by atoms with Gasteiger partial charge in [-0.25, -0.2) is 4.79 Å². The first kappa shape index (κ1) is 11.0. The van der Waals surface area contributed by atoms with E-state index in [0.29, 0.717) is 0 Å². The van der Waals surface area contributed by atoms with E-state index < -0.39 is 17.9 Å². The van der Waals surface area contributed by atoms with Crippen molar-refractivity contribution in [1.29, 1.82) is 0 Å². The Labute approximate surface area is 83.8 Å². The highest BCUT2D eigenvalue weighted by Gasteiger charge is 2.22. The van der Waals surface area contributed by atoms with Crippen LogP contribution in [0.1, 0.15) is 10.6 Å². The maximum atomic E-state index is 11.3. The number of H-pyrrole nitrogens is 1. The molecule has 82 valence electrons. The Kier molecular flexibility index (Phi) is 3.68. The summed E-state index contributed by atoms with van der Waals surface area (Å²) < 4.78 is 4.62. The number of carbonyl (C=O) groups excluding carboxylic acids is 1. The summed E-state index contributed by atoms with van der Waals surface area (Å²) in [6.07, 6.45) is 0. The monoisotopic (exact) mass is 215 g/mol. The first-order valence-electron chi connectivity index (χ1n) is 3.91. The summed E-state index contributed by atoms with van der Waals surface area (Å²) in [4.78, 5) is 21.9. The number of hydrogen-bond donors (Lipinski definition) is 3. The number of hydrogen-bond acceptors (Lipinski definition) is 6. The van der Waals surface area contributed by atoms with Crippen LogP contribution in [-0.4, -0.2) is 57.4 Å². The third kappa shape index (κ3) is 2.98. The number of rotatable bonds is 5. The fraction of sp³-hybridized carbons (Fsp3) is 0.500. The molecule has 0 aliphatic rings. The summed E-state index contributed by atoms with van der Waals surface area (Å²) >= 11 is 0. The molecule has 1 unspecified atom stereocenters. The van der Waals surface area contributed by atoms with Crippen LogP contribution in [0.3, 0.4) is 0 Å². The first-order chi connectivity index (χ1) is 7.15. The van der Waals surface area contributed by atoms with Gasteiger partial charge >= 0.3 is 5.97 Å². The van der Waals surface area contributed by atoms with E-state index in [9.17, 15) is 9.59 Å². The highest BCUT2D eigenvalue weighted by Crippen LogP contribution is 1.89. The quantitative estimate of drug-likeness (QED) is 0.519. The van der Waals surface area contributed by atoms with Crippen LogP contribution in [-0.2, 0) is 9.53 Å². The summed E-state index contributed by atoms with van der Waals surface area (Å²) in [5, 5.41) is 22.9. The lowest BCUT2D eigenvalue weighted by molar-refractivity contribution is -0.140. The number of aromatic nitrogens is 4. The molecule has 0 bridgehead atoms. The van der Waals surface area contributed by atoms with Crippen molar-refractivity contribution in [2.45, 2.75) is 6.04 Å². The first-order valence-corrected chi connectivity index (χ1v) is 3.91. The molecule has 1 heterocycles. The van der Waals surface area contributed by atoms with E-state index in [1.54, 1.807) is 0 Å². The molecule has 0 aliphatic heterocycles. The normalized spacial score (nSPS) is 12.1. The largest absolute Gasteiger partial charge is 0.480 e. The Hall–Kier alpha value is -2.03. The topological polar surface area (TPSA) is 130 Å². The zero-order valence-corrected chi connectivity index (χ0v) is 7.80. The maximum Gasteiger partial charge on any atom is 0.328 e. The van der Waals surface area contributed by atoms with Gasteiger partial charge in [0, 0.05) is 7.11 Å². The summed E-state index contributed by atoms with van der Waals surface area (Å²) in [5.41, 5.74) is 0. The van der Waals surface area contributed by atoms with Crippen LogP contribution >= 0.6 is 0 Å². The van der Waals surface area contributed by atoms with Crippen LogP contribution in [0.15, 0.2) is 0 Å². The number of methoxy groups -OCH3 is 1. The van der Waals surface area contributed by atoms with Crippen LogP contribution in [0.2, 0.25) is 0 Å². The molecule has 1 rings (SSSR count). The Morgan fingerprint density at radius 1 is 1.67 bits per heavy atom. The molecule has 0 saturated heterocycles. The molecule has 1 amide bonds. The van der Waals surface area contributed by atoms with Gasteiger partial charge in [0.2, 0.25) is 0 Å². The number of ether oxygens (including phenoxy) is 1. The van der Waals surface area contributed by atoms with Crippen molar-refractivity contribution in [2.24, 2.45) is 0 Å². The van der Waals surface area contributed by atoms with E-state index in [1.165, 1.54) is 7.11 Å². The molecule has 1 aromatic heterocycles.